The first-order chi connectivity index (χ1) is 8.04. The quantitative estimate of drug-likeness (QED) is 0.734. The summed E-state index contributed by atoms with van der Waals surface area (Å²) in [7, 11) is 0. The zero-order valence-electron chi connectivity index (χ0n) is 10.3. The highest BCUT2D eigenvalue weighted by atomic mass is 35.5. The maximum Gasteiger partial charge on any atom is 0.123 e. The first-order valence-corrected chi connectivity index (χ1v) is 6.24. The molecule has 17 heavy (non-hydrogen) atoms. The molecular weight excluding hydrogens is 238 g/mol. The van der Waals surface area contributed by atoms with Gasteiger partial charge in [-0.05, 0) is 44.4 Å². The van der Waals surface area contributed by atoms with Gasteiger partial charge in [0.15, 0.2) is 0 Å². The SMILES string of the molecule is Cc1cc(Cl)cc(CNC(C)CCCO)c1O. The number of phenols is 1. The molecule has 0 saturated carbocycles. The van der Waals surface area contributed by atoms with Crippen LogP contribution in [0.3, 0.4) is 0 Å². The van der Waals surface area contributed by atoms with Gasteiger partial charge in [0.1, 0.15) is 5.75 Å². The van der Waals surface area contributed by atoms with Gasteiger partial charge in [-0.3, -0.25) is 0 Å². The van der Waals surface area contributed by atoms with Gasteiger partial charge in [0, 0.05) is 29.8 Å². The summed E-state index contributed by atoms with van der Waals surface area (Å²) < 4.78 is 0. The minimum absolute atomic E-state index is 0.216. The smallest absolute Gasteiger partial charge is 0.123 e. The highest BCUT2D eigenvalue weighted by Crippen LogP contribution is 2.26. The van der Waals surface area contributed by atoms with Crippen LogP contribution in [0.25, 0.3) is 0 Å². The standard InChI is InChI=1S/C13H20ClNO2/c1-9-6-12(14)7-11(13(9)17)8-15-10(2)4-3-5-16/h6-7,10,15-17H,3-5,8H2,1-2H3. The molecule has 0 bridgehead atoms. The van der Waals surface area contributed by atoms with Gasteiger partial charge < -0.3 is 15.5 Å². The number of phenolic OH excluding ortho intramolecular Hbond substituents is 1. The lowest BCUT2D eigenvalue weighted by atomic mass is 10.1. The van der Waals surface area contributed by atoms with Crippen molar-refractivity contribution in [3.63, 3.8) is 0 Å². The van der Waals surface area contributed by atoms with E-state index >= 15 is 0 Å². The number of aliphatic hydroxyl groups is 1. The van der Waals surface area contributed by atoms with Crippen LogP contribution in [0.5, 0.6) is 5.75 Å². The topological polar surface area (TPSA) is 52.5 Å². The largest absolute Gasteiger partial charge is 0.507 e. The van der Waals surface area contributed by atoms with E-state index < -0.39 is 0 Å². The summed E-state index contributed by atoms with van der Waals surface area (Å²) in [5.41, 5.74) is 1.60. The first-order valence-electron chi connectivity index (χ1n) is 5.86. The van der Waals surface area contributed by atoms with Crippen molar-refractivity contribution >= 4 is 11.6 Å². The Morgan fingerprint density at radius 1 is 1.41 bits per heavy atom. The highest BCUT2D eigenvalue weighted by molar-refractivity contribution is 6.30. The number of halogens is 1. The third kappa shape index (κ3) is 4.54. The number of aromatic hydroxyl groups is 1. The van der Waals surface area contributed by atoms with E-state index in [4.69, 9.17) is 16.7 Å². The van der Waals surface area contributed by atoms with Crippen molar-refractivity contribution in [2.45, 2.75) is 39.3 Å². The lowest BCUT2D eigenvalue weighted by molar-refractivity contribution is 0.276. The third-order valence-electron chi connectivity index (χ3n) is 2.78. The fourth-order valence-electron chi connectivity index (χ4n) is 1.72. The fourth-order valence-corrected chi connectivity index (χ4v) is 2.02. The molecule has 0 aliphatic rings. The summed E-state index contributed by atoms with van der Waals surface area (Å²) in [6.07, 6.45) is 1.70. The van der Waals surface area contributed by atoms with E-state index in [2.05, 4.69) is 12.2 Å². The summed E-state index contributed by atoms with van der Waals surface area (Å²) in [4.78, 5) is 0. The first kappa shape index (κ1) is 14.3. The van der Waals surface area contributed by atoms with Crippen molar-refractivity contribution in [1.82, 2.24) is 5.32 Å². The average Bonchev–Trinajstić information content (AvgIpc) is 2.29. The van der Waals surface area contributed by atoms with Crippen LogP contribution in [0.15, 0.2) is 12.1 Å². The Kier molecular flexibility index (Phi) is 5.75. The zero-order chi connectivity index (χ0) is 12.8. The molecular formula is C13H20ClNO2. The second-order valence-electron chi connectivity index (χ2n) is 4.38. The second-order valence-corrected chi connectivity index (χ2v) is 4.81. The van der Waals surface area contributed by atoms with Crippen LogP contribution in [0.1, 0.15) is 30.9 Å². The number of hydrogen-bond acceptors (Lipinski definition) is 3. The molecule has 0 spiro atoms. The zero-order valence-corrected chi connectivity index (χ0v) is 11.1. The van der Waals surface area contributed by atoms with E-state index in [1.54, 1.807) is 12.1 Å². The van der Waals surface area contributed by atoms with Crippen LogP contribution < -0.4 is 5.32 Å². The molecule has 4 heteroatoms. The molecule has 0 aliphatic carbocycles. The van der Waals surface area contributed by atoms with E-state index in [9.17, 15) is 5.11 Å². The predicted molar refractivity (Wildman–Crippen MR) is 70.5 cm³/mol. The molecule has 0 saturated heterocycles. The summed E-state index contributed by atoms with van der Waals surface area (Å²) in [5, 5.41) is 22.5. The number of hydrogen-bond donors (Lipinski definition) is 3. The lowest BCUT2D eigenvalue weighted by Crippen LogP contribution is -2.25. The van der Waals surface area contributed by atoms with Gasteiger partial charge in [0.05, 0.1) is 0 Å². The Morgan fingerprint density at radius 2 is 2.12 bits per heavy atom. The van der Waals surface area contributed by atoms with Gasteiger partial charge in [0.25, 0.3) is 0 Å². The van der Waals surface area contributed by atoms with Crippen LogP contribution in [-0.4, -0.2) is 22.9 Å². The molecule has 1 rings (SSSR count). The van der Waals surface area contributed by atoms with Gasteiger partial charge in [-0.25, -0.2) is 0 Å². The molecule has 1 unspecified atom stereocenters. The van der Waals surface area contributed by atoms with Gasteiger partial charge >= 0.3 is 0 Å². The average molecular weight is 258 g/mol. The Labute approximate surface area is 107 Å². The molecule has 1 atom stereocenters. The van der Waals surface area contributed by atoms with Crippen LogP contribution in [0.2, 0.25) is 5.02 Å². The molecule has 0 aliphatic heterocycles. The Hall–Kier alpha value is -0.770. The molecule has 0 fully saturated rings. The monoisotopic (exact) mass is 257 g/mol. The van der Waals surface area contributed by atoms with Crippen molar-refractivity contribution in [3.8, 4) is 5.75 Å². The Balaban J connectivity index is 2.57. The fraction of sp³-hybridized carbons (Fsp3) is 0.538. The van der Waals surface area contributed by atoms with Gasteiger partial charge in [-0.2, -0.15) is 0 Å². The molecule has 3 N–H and O–H groups in total. The summed E-state index contributed by atoms with van der Waals surface area (Å²) in [6.45, 7) is 4.69. The van der Waals surface area contributed by atoms with Crippen LogP contribution in [0, 0.1) is 6.92 Å². The molecule has 1 aromatic rings. The van der Waals surface area contributed by atoms with E-state index in [0.29, 0.717) is 23.4 Å². The normalized spacial score (nSPS) is 12.7. The minimum Gasteiger partial charge on any atom is -0.507 e. The second kappa shape index (κ2) is 6.84. The van der Waals surface area contributed by atoms with Crippen LogP contribution >= 0.6 is 11.6 Å². The molecule has 0 amide bonds. The predicted octanol–water partition coefficient (Wildman–Crippen LogP) is 2.60. The molecule has 1 aromatic carbocycles. The maximum absolute atomic E-state index is 9.87. The number of benzene rings is 1. The molecule has 96 valence electrons. The Morgan fingerprint density at radius 3 is 2.76 bits per heavy atom. The van der Waals surface area contributed by atoms with Crippen molar-refractivity contribution in [3.05, 3.63) is 28.3 Å². The van der Waals surface area contributed by atoms with Crippen molar-refractivity contribution in [1.29, 1.82) is 0 Å². The minimum atomic E-state index is 0.216. The van der Waals surface area contributed by atoms with Gasteiger partial charge in [-0.15, -0.1) is 0 Å². The number of aliphatic hydroxyl groups excluding tert-OH is 1. The summed E-state index contributed by atoms with van der Waals surface area (Å²) in [6, 6.07) is 3.83. The molecule has 0 radical (unpaired) electrons. The van der Waals surface area contributed by atoms with E-state index in [0.717, 1.165) is 24.0 Å². The molecule has 3 nitrogen and oxygen atoms in total. The van der Waals surface area contributed by atoms with Crippen molar-refractivity contribution in [2.24, 2.45) is 0 Å². The van der Waals surface area contributed by atoms with Gasteiger partial charge in [-0.1, -0.05) is 11.6 Å². The van der Waals surface area contributed by atoms with Crippen molar-refractivity contribution < 1.29 is 10.2 Å². The summed E-state index contributed by atoms with van der Waals surface area (Å²) in [5.74, 6) is 0.302. The van der Waals surface area contributed by atoms with E-state index in [-0.39, 0.29) is 6.61 Å². The molecule has 0 aromatic heterocycles. The van der Waals surface area contributed by atoms with Gasteiger partial charge in [0.2, 0.25) is 0 Å². The van der Waals surface area contributed by atoms with E-state index in [1.165, 1.54) is 0 Å². The number of rotatable bonds is 6. The third-order valence-corrected chi connectivity index (χ3v) is 3.00. The highest BCUT2D eigenvalue weighted by Gasteiger charge is 2.08. The lowest BCUT2D eigenvalue weighted by Gasteiger charge is -2.14. The van der Waals surface area contributed by atoms with E-state index in [1.807, 2.05) is 6.92 Å². The maximum atomic E-state index is 9.87. The van der Waals surface area contributed by atoms with Crippen molar-refractivity contribution in [2.75, 3.05) is 6.61 Å². The summed E-state index contributed by atoms with van der Waals surface area (Å²) >= 11 is 5.95. The Bertz CT molecular complexity index is 369. The molecule has 0 heterocycles. The number of aryl methyl sites for hydroxylation is 1. The number of nitrogens with one attached hydrogen (secondary N) is 1. The van der Waals surface area contributed by atoms with Crippen LogP contribution in [-0.2, 0) is 6.54 Å². The van der Waals surface area contributed by atoms with Crippen LogP contribution in [0.4, 0.5) is 0 Å².